The molecule has 6 rings (SSSR count). The molecular weight excluding hydrogens is 392 g/mol. The van der Waals surface area contributed by atoms with Crippen LogP contribution < -0.4 is 0 Å². The third-order valence-electron chi connectivity index (χ3n) is 10.6. The van der Waals surface area contributed by atoms with Gasteiger partial charge in [0.2, 0.25) is 0 Å². The first-order chi connectivity index (χ1) is 15.5. The van der Waals surface area contributed by atoms with Crippen molar-refractivity contribution in [3.63, 3.8) is 0 Å². The summed E-state index contributed by atoms with van der Waals surface area (Å²) in [6.07, 6.45) is 20.0. The zero-order valence-electron chi connectivity index (χ0n) is 20.0. The number of hydrogen-bond donors (Lipinski definition) is 1. The minimum Gasteiger partial charge on any atom is -0.388 e. The normalized spacial score (nSPS) is 45.3. The van der Waals surface area contributed by atoms with Crippen LogP contribution in [0.1, 0.15) is 77.2 Å². The van der Waals surface area contributed by atoms with Crippen LogP contribution in [-0.4, -0.2) is 40.2 Å². The number of likely N-dealkylation sites (tertiary alicyclic amines) is 1. The summed E-state index contributed by atoms with van der Waals surface area (Å²) in [5.41, 5.74) is 4.66. The van der Waals surface area contributed by atoms with Gasteiger partial charge in [-0.25, -0.2) is 0 Å². The van der Waals surface area contributed by atoms with Crippen molar-refractivity contribution >= 4 is 6.08 Å². The molecule has 1 aromatic heterocycles. The van der Waals surface area contributed by atoms with Crippen molar-refractivity contribution < 1.29 is 5.11 Å². The molecule has 0 unspecified atom stereocenters. The standard InChI is InChI=1S/C29H40N2O/c1-28-11-7-23(31-15-3-4-16-31)19-22(28)5-6-24-25(28)8-12-29(2)26(24)18-21(27(29)32)17-20-9-13-30-14-10-20/h9-10,13-14,17,19,23-27,32H,3-8,11-12,15-16,18H2,1-2H3/t23-,24+,25-,26-,27-,28-,29-/m0/s1. The summed E-state index contributed by atoms with van der Waals surface area (Å²) in [7, 11) is 0. The van der Waals surface area contributed by atoms with Crippen LogP contribution in [0.4, 0.5) is 0 Å². The number of fused-ring (bicyclic) bond motifs is 5. The average Bonchev–Trinajstić information content (AvgIpc) is 3.42. The number of aromatic nitrogens is 1. The number of pyridine rings is 1. The van der Waals surface area contributed by atoms with E-state index in [1.807, 2.05) is 12.4 Å². The van der Waals surface area contributed by atoms with Crippen LogP contribution in [-0.2, 0) is 0 Å². The molecule has 0 spiro atoms. The van der Waals surface area contributed by atoms with Crippen molar-refractivity contribution in [3.05, 3.63) is 47.3 Å². The van der Waals surface area contributed by atoms with Gasteiger partial charge in [-0.05, 0) is 117 Å². The first-order valence-corrected chi connectivity index (χ1v) is 13.2. The summed E-state index contributed by atoms with van der Waals surface area (Å²) in [4.78, 5) is 6.91. The number of aliphatic hydroxyl groups is 1. The van der Waals surface area contributed by atoms with Gasteiger partial charge in [-0.1, -0.05) is 31.6 Å². The molecule has 32 heavy (non-hydrogen) atoms. The summed E-state index contributed by atoms with van der Waals surface area (Å²) in [6, 6.07) is 4.82. The summed E-state index contributed by atoms with van der Waals surface area (Å²) in [6.45, 7) is 7.62. The Morgan fingerprint density at radius 1 is 1.03 bits per heavy atom. The maximum atomic E-state index is 11.4. The number of allylic oxidation sites excluding steroid dienone is 1. The molecule has 7 atom stereocenters. The summed E-state index contributed by atoms with van der Waals surface area (Å²) < 4.78 is 0. The fourth-order valence-corrected chi connectivity index (χ4v) is 8.74. The highest BCUT2D eigenvalue weighted by Crippen LogP contribution is 2.66. The topological polar surface area (TPSA) is 36.4 Å². The molecule has 5 aliphatic rings. The first-order valence-electron chi connectivity index (χ1n) is 13.2. The van der Waals surface area contributed by atoms with E-state index in [0.29, 0.717) is 17.4 Å². The van der Waals surface area contributed by atoms with Gasteiger partial charge in [0.15, 0.2) is 0 Å². The lowest BCUT2D eigenvalue weighted by atomic mass is 9.47. The van der Waals surface area contributed by atoms with Crippen LogP contribution in [0.25, 0.3) is 6.08 Å². The quantitative estimate of drug-likeness (QED) is 0.594. The highest BCUT2D eigenvalue weighted by Gasteiger charge is 2.60. The molecular formula is C29H40N2O. The Labute approximate surface area is 194 Å². The molecule has 2 heterocycles. The van der Waals surface area contributed by atoms with Gasteiger partial charge >= 0.3 is 0 Å². The second-order valence-corrected chi connectivity index (χ2v) is 12.0. The smallest absolute Gasteiger partial charge is 0.0809 e. The third-order valence-corrected chi connectivity index (χ3v) is 10.6. The van der Waals surface area contributed by atoms with E-state index in [9.17, 15) is 5.11 Å². The fourth-order valence-electron chi connectivity index (χ4n) is 8.74. The number of hydrogen-bond acceptors (Lipinski definition) is 3. The summed E-state index contributed by atoms with van der Waals surface area (Å²) >= 11 is 0. The molecule has 1 aromatic rings. The average molecular weight is 433 g/mol. The second-order valence-electron chi connectivity index (χ2n) is 12.0. The highest BCUT2D eigenvalue weighted by atomic mass is 16.3. The zero-order valence-corrected chi connectivity index (χ0v) is 20.0. The van der Waals surface area contributed by atoms with E-state index in [-0.39, 0.29) is 11.5 Å². The molecule has 3 nitrogen and oxygen atoms in total. The molecule has 0 radical (unpaired) electrons. The van der Waals surface area contributed by atoms with E-state index in [0.717, 1.165) is 18.3 Å². The Kier molecular flexibility index (Phi) is 5.15. The maximum absolute atomic E-state index is 11.4. The fraction of sp³-hybridized carbons (Fsp3) is 0.690. The van der Waals surface area contributed by atoms with E-state index < -0.39 is 0 Å². The van der Waals surface area contributed by atoms with Gasteiger partial charge in [-0.15, -0.1) is 0 Å². The monoisotopic (exact) mass is 432 g/mol. The minimum absolute atomic E-state index is 0.0460. The van der Waals surface area contributed by atoms with Crippen molar-refractivity contribution in [2.75, 3.05) is 13.1 Å². The predicted octanol–water partition coefficient (Wildman–Crippen LogP) is 5.86. The first kappa shape index (κ1) is 21.1. The van der Waals surface area contributed by atoms with E-state index in [1.54, 1.807) is 5.57 Å². The molecule has 172 valence electrons. The van der Waals surface area contributed by atoms with Crippen LogP contribution >= 0.6 is 0 Å². The minimum atomic E-state index is -0.294. The van der Waals surface area contributed by atoms with E-state index in [2.05, 4.69) is 48.0 Å². The SMILES string of the molecule is C[C@]12CC[C@H]3[C@@H](CCC4=C[C@@H](N5CCCC5)CC[C@@]43C)[C@@H]1CC(=Cc1ccncc1)[C@@H]2O. The zero-order chi connectivity index (χ0) is 21.9. The molecule has 1 aliphatic heterocycles. The van der Waals surface area contributed by atoms with E-state index in [1.165, 1.54) is 75.6 Å². The van der Waals surface area contributed by atoms with Crippen LogP contribution in [0, 0.1) is 28.6 Å². The lowest BCUT2D eigenvalue weighted by Gasteiger charge is -2.58. The van der Waals surface area contributed by atoms with Gasteiger partial charge < -0.3 is 5.11 Å². The summed E-state index contributed by atoms with van der Waals surface area (Å²) in [5, 5.41) is 11.4. The van der Waals surface area contributed by atoms with Crippen molar-refractivity contribution in [2.24, 2.45) is 28.6 Å². The van der Waals surface area contributed by atoms with Crippen LogP contribution in [0.2, 0.25) is 0 Å². The largest absolute Gasteiger partial charge is 0.388 e. The number of aliphatic hydroxyl groups excluding tert-OH is 1. The molecule has 1 N–H and O–H groups in total. The van der Waals surface area contributed by atoms with Crippen LogP contribution in [0.5, 0.6) is 0 Å². The summed E-state index contributed by atoms with van der Waals surface area (Å²) in [5.74, 6) is 2.18. The Bertz CT molecular complexity index is 916. The second kappa shape index (κ2) is 7.81. The van der Waals surface area contributed by atoms with E-state index in [4.69, 9.17) is 0 Å². The van der Waals surface area contributed by atoms with Gasteiger partial charge in [-0.2, -0.15) is 0 Å². The molecule has 0 aromatic carbocycles. The highest BCUT2D eigenvalue weighted by molar-refractivity contribution is 5.55. The van der Waals surface area contributed by atoms with Crippen LogP contribution in [0.3, 0.4) is 0 Å². The third kappa shape index (κ3) is 3.18. The van der Waals surface area contributed by atoms with Crippen LogP contribution in [0.15, 0.2) is 41.7 Å². The molecule has 4 aliphatic carbocycles. The predicted molar refractivity (Wildman–Crippen MR) is 130 cm³/mol. The van der Waals surface area contributed by atoms with Crippen molar-refractivity contribution in [1.82, 2.24) is 9.88 Å². The van der Waals surface area contributed by atoms with Crippen molar-refractivity contribution in [1.29, 1.82) is 0 Å². The molecule has 4 fully saturated rings. The molecule has 0 bridgehead atoms. The van der Waals surface area contributed by atoms with Gasteiger partial charge in [0.1, 0.15) is 0 Å². The Morgan fingerprint density at radius 3 is 2.59 bits per heavy atom. The lowest BCUT2D eigenvalue weighted by Crippen LogP contribution is -2.52. The van der Waals surface area contributed by atoms with Gasteiger partial charge in [0.25, 0.3) is 0 Å². The Hall–Kier alpha value is -1.45. The van der Waals surface area contributed by atoms with Crippen molar-refractivity contribution in [2.45, 2.75) is 83.8 Å². The van der Waals surface area contributed by atoms with Gasteiger partial charge in [0.05, 0.1) is 6.10 Å². The lowest BCUT2D eigenvalue weighted by molar-refractivity contribution is -0.0726. The number of rotatable bonds is 2. The molecule has 0 amide bonds. The van der Waals surface area contributed by atoms with E-state index >= 15 is 0 Å². The van der Waals surface area contributed by atoms with Gasteiger partial charge in [0, 0.05) is 23.9 Å². The molecule has 3 heteroatoms. The molecule has 1 saturated heterocycles. The maximum Gasteiger partial charge on any atom is 0.0809 e. The Morgan fingerprint density at radius 2 is 1.81 bits per heavy atom. The van der Waals surface area contributed by atoms with Gasteiger partial charge in [-0.3, -0.25) is 9.88 Å². The molecule has 3 saturated carbocycles. The Balaban J connectivity index is 1.27. The number of nitrogens with zero attached hydrogens (tertiary/aromatic N) is 2. The van der Waals surface area contributed by atoms with Crippen molar-refractivity contribution in [3.8, 4) is 0 Å².